The summed E-state index contributed by atoms with van der Waals surface area (Å²) in [7, 11) is 0. The Morgan fingerprint density at radius 2 is 1.91 bits per heavy atom. The molecule has 3 aromatic rings. The molecule has 2 aromatic heterocycles. The van der Waals surface area contributed by atoms with Gasteiger partial charge in [-0.25, -0.2) is 4.98 Å². The highest BCUT2D eigenvalue weighted by molar-refractivity contribution is 6.30. The monoisotopic (exact) mass is 329 g/mol. The molecule has 23 heavy (non-hydrogen) atoms. The fourth-order valence-corrected chi connectivity index (χ4v) is 3.01. The summed E-state index contributed by atoms with van der Waals surface area (Å²) in [5.41, 5.74) is 3.01. The van der Waals surface area contributed by atoms with Crippen molar-refractivity contribution >= 4 is 17.2 Å². The zero-order valence-electron chi connectivity index (χ0n) is 12.8. The van der Waals surface area contributed by atoms with Crippen LogP contribution in [0.1, 0.15) is 30.1 Å². The van der Waals surface area contributed by atoms with Gasteiger partial charge in [-0.3, -0.25) is 0 Å². The average molecular weight is 330 g/mol. The number of aliphatic hydroxyl groups excluding tert-OH is 1. The molecule has 0 aliphatic rings. The molecule has 5 heteroatoms. The maximum absolute atomic E-state index is 9.14. The minimum atomic E-state index is 0.175. The molecular formula is C18H20ClN3O. The third kappa shape index (κ3) is 3.72. The van der Waals surface area contributed by atoms with Crippen LogP contribution in [-0.2, 0) is 6.54 Å². The van der Waals surface area contributed by atoms with Gasteiger partial charge in [0.1, 0.15) is 5.65 Å². The predicted molar refractivity (Wildman–Crippen MR) is 92.5 cm³/mol. The zero-order chi connectivity index (χ0) is 16.1. The van der Waals surface area contributed by atoms with Crippen LogP contribution >= 0.6 is 11.6 Å². The number of halogens is 1. The van der Waals surface area contributed by atoms with Gasteiger partial charge < -0.3 is 14.8 Å². The van der Waals surface area contributed by atoms with E-state index in [1.54, 1.807) is 0 Å². The van der Waals surface area contributed by atoms with Crippen molar-refractivity contribution in [2.24, 2.45) is 0 Å². The second-order valence-electron chi connectivity index (χ2n) is 5.49. The number of benzene rings is 1. The molecule has 0 spiro atoms. The molecule has 0 amide bonds. The van der Waals surface area contributed by atoms with E-state index >= 15 is 0 Å². The number of rotatable bonds is 7. The molecule has 0 saturated heterocycles. The van der Waals surface area contributed by atoms with Gasteiger partial charge in [0.25, 0.3) is 0 Å². The number of aromatic nitrogens is 2. The average Bonchev–Trinajstić information content (AvgIpc) is 2.91. The third-order valence-corrected chi connectivity index (χ3v) is 4.25. The fourth-order valence-electron chi connectivity index (χ4n) is 2.76. The number of nitrogens with one attached hydrogen (secondary N) is 1. The highest BCUT2D eigenvalue weighted by atomic mass is 35.5. The van der Waals surface area contributed by atoms with Gasteiger partial charge in [-0.15, -0.1) is 0 Å². The van der Waals surface area contributed by atoms with E-state index < -0.39 is 0 Å². The number of pyridine rings is 1. The van der Waals surface area contributed by atoms with Gasteiger partial charge in [-0.2, -0.15) is 0 Å². The summed E-state index contributed by atoms with van der Waals surface area (Å²) in [6.07, 6.45) is 3.60. The van der Waals surface area contributed by atoms with Crippen molar-refractivity contribution in [2.45, 2.75) is 25.4 Å². The minimum absolute atomic E-state index is 0.175. The summed E-state index contributed by atoms with van der Waals surface area (Å²) in [5, 5.41) is 13.2. The van der Waals surface area contributed by atoms with E-state index in [0.29, 0.717) is 11.7 Å². The van der Waals surface area contributed by atoms with Crippen molar-refractivity contribution in [3.63, 3.8) is 0 Å². The number of hydrogen-bond acceptors (Lipinski definition) is 3. The van der Waals surface area contributed by atoms with Gasteiger partial charge in [0.2, 0.25) is 0 Å². The lowest BCUT2D eigenvalue weighted by molar-refractivity contribution is 0.274. The highest BCUT2D eigenvalue weighted by Gasteiger charge is 2.14. The summed E-state index contributed by atoms with van der Waals surface area (Å²) < 4.78 is 2.00. The van der Waals surface area contributed by atoms with Crippen LogP contribution in [0.2, 0.25) is 5.15 Å². The second-order valence-corrected chi connectivity index (χ2v) is 5.85. The Morgan fingerprint density at radius 3 is 2.70 bits per heavy atom. The molecule has 0 fully saturated rings. The number of nitrogens with zero attached hydrogens (tertiary/aromatic N) is 2. The molecule has 1 atom stereocenters. The van der Waals surface area contributed by atoms with Gasteiger partial charge in [-0.05, 0) is 30.5 Å². The first-order chi connectivity index (χ1) is 11.3. The largest absolute Gasteiger partial charge is 0.396 e. The van der Waals surface area contributed by atoms with E-state index in [-0.39, 0.29) is 12.6 Å². The van der Waals surface area contributed by atoms with Crippen LogP contribution in [0.3, 0.4) is 0 Å². The molecule has 0 saturated carbocycles. The van der Waals surface area contributed by atoms with Gasteiger partial charge in [0.15, 0.2) is 5.15 Å². The van der Waals surface area contributed by atoms with E-state index in [0.717, 1.165) is 24.2 Å². The normalized spacial score (nSPS) is 12.6. The maximum atomic E-state index is 9.14. The third-order valence-electron chi connectivity index (χ3n) is 3.95. The lowest BCUT2D eigenvalue weighted by Crippen LogP contribution is -2.22. The van der Waals surface area contributed by atoms with Crippen LogP contribution in [0.25, 0.3) is 5.65 Å². The maximum Gasteiger partial charge on any atom is 0.152 e. The molecule has 0 bridgehead atoms. The van der Waals surface area contributed by atoms with Crippen LogP contribution < -0.4 is 5.32 Å². The molecule has 2 heterocycles. The van der Waals surface area contributed by atoms with Crippen LogP contribution in [-0.4, -0.2) is 21.1 Å². The Bertz CT molecular complexity index is 757. The lowest BCUT2D eigenvalue weighted by Gasteiger charge is -2.19. The molecular weight excluding hydrogens is 310 g/mol. The summed E-state index contributed by atoms with van der Waals surface area (Å²) >= 11 is 6.29. The molecule has 0 radical (unpaired) electrons. The molecule has 0 aliphatic heterocycles. The Balaban J connectivity index is 1.79. The fraction of sp³-hybridized carbons (Fsp3) is 0.278. The summed E-state index contributed by atoms with van der Waals surface area (Å²) in [6, 6.07) is 16.3. The standard InChI is InChI=1S/C18H20ClN3O/c19-18-16(22-11-5-4-10-17(22)21-18)13-20-15(9-6-12-23)14-7-2-1-3-8-14/h1-5,7-8,10-11,15,20,23H,6,9,12-13H2. The SMILES string of the molecule is OCCCC(NCc1c(Cl)nc2ccccn12)c1ccccc1. The minimum Gasteiger partial charge on any atom is -0.396 e. The summed E-state index contributed by atoms with van der Waals surface area (Å²) in [5.74, 6) is 0. The predicted octanol–water partition coefficient (Wildman–Crippen LogP) is 3.59. The Morgan fingerprint density at radius 1 is 1.13 bits per heavy atom. The summed E-state index contributed by atoms with van der Waals surface area (Å²) in [6.45, 7) is 0.816. The number of aliphatic hydroxyl groups is 1. The molecule has 0 aliphatic carbocycles. The van der Waals surface area contributed by atoms with Crippen LogP contribution in [0.5, 0.6) is 0 Å². The first-order valence-corrected chi connectivity index (χ1v) is 8.18. The van der Waals surface area contributed by atoms with Gasteiger partial charge in [0, 0.05) is 25.4 Å². The Labute approximate surface area is 140 Å². The van der Waals surface area contributed by atoms with Gasteiger partial charge in [0.05, 0.1) is 5.69 Å². The van der Waals surface area contributed by atoms with Crippen LogP contribution in [0, 0.1) is 0 Å². The van der Waals surface area contributed by atoms with E-state index in [2.05, 4.69) is 22.4 Å². The molecule has 3 rings (SSSR count). The number of hydrogen-bond donors (Lipinski definition) is 2. The van der Waals surface area contributed by atoms with E-state index in [1.807, 2.05) is 47.0 Å². The van der Waals surface area contributed by atoms with Crippen LogP contribution in [0.15, 0.2) is 54.7 Å². The topological polar surface area (TPSA) is 49.6 Å². The van der Waals surface area contributed by atoms with Crippen molar-refractivity contribution in [1.29, 1.82) is 0 Å². The molecule has 1 unspecified atom stereocenters. The van der Waals surface area contributed by atoms with Crippen molar-refractivity contribution < 1.29 is 5.11 Å². The number of fused-ring (bicyclic) bond motifs is 1. The molecule has 1 aromatic carbocycles. The Hall–Kier alpha value is -1.88. The number of imidazole rings is 1. The molecule has 4 nitrogen and oxygen atoms in total. The van der Waals surface area contributed by atoms with Gasteiger partial charge >= 0.3 is 0 Å². The zero-order valence-corrected chi connectivity index (χ0v) is 13.6. The van der Waals surface area contributed by atoms with Gasteiger partial charge in [-0.1, -0.05) is 48.0 Å². The van der Waals surface area contributed by atoms with Crippen molar-refractivity contribution in [2.75, 3.05) is 6.61 Å². The van der Waals surface area contributed by atoms with E-state index in [1.165, 1.54) is 5.56 Å². The first kappa shape index (κ1) is 16.0. The Kier molecular flexibility index (Phi) is 5.28. The molecule has 120 valence electrons. The first-order valence-electron chi connectivity index (χ1n) is 7.80. The lowest BCUT2D eigenvalue weighted by atomic mass is 10.0. The summed E-state index contributed by atoms with van der Waals surface area (Å²) in [4.78, 5) is 4.37. The van der Waals surface area contributed by atoms with Crippen molar-refractivity contribution in [3.8, 4) is 0 Å². The van der Waals surface area contributed by atoms with E-state index in [4.69, 9.17) is 16.7 Å². The quantitative estimate of drug-likeness (QED) is 0.696. The van der Waals surface area contributed by atoms with Crippen LogP contribution in [0.4, 0.5) is 0 Å². The smallest absolute Gasteiger partial charge is 0.152 e. The second kappa shape index (κ2) is 7.59. The van der Waals surface area contributed by atoms with Crippen molar-refractivity contribution in [3.05, 3.63) is 71.1 Å². The molecule has 2 N–H and O–H groups in total. The van der Waals surface area contributed by atoms with E-state index in [9.17, 15) is 0 Å². The highest BCUT2D eigenvalue weighted by Crippen LogP contribution is 2.22. The van der Waals surface area contributed by atoms with Crippen molar-refractivity contribution in [1.82, 2.24) is 14.7 Å².